The number of hydrogen-bond donors (Lipinski definition) is 2. The molecule has 0 amide bonds. The van der Waals surface area contributed by atoms with E-state index in [0.717, 1.165) is 18.7 Å². The second-order valence-corrected chi connectivity index (χ2v) is 5.30. The normalized spacial score (nSPS) is 15.3. The molecule has 0 fully saturated rings. The standard InChI is InChI=1S/C10H14N2O2S/c1-2-12-15(13,14)10-4-3-8-6-11-7-9(8)5-10/h3-5,11-12H,2,6-7H2,1H3. The molecule has 1 aromatic carbocycles. The van der Waals surface area contributed by atoms with Gasteiger partial charge in [0.05, 0.1) is 4.90 Å². The highest BCUT2D eigenvalue weighted by atomic mass is 32.2. The monoisotopic (exact) mass is 226 g/mol. The highest BCUT2D eigenvalue weighted by Crippen LogP contribution is 2.19. The van der Waals surface area contributed by atoms with Gasteiger partial charge < -0.3 is 5.32 Å². The van der Waals surface area contributed by atoms with Gasteiger partial charge in [-0.1, -0.05) is 13.0 Å². The summed E-state index contributed by atoms with van der Waals surface area (Å²) in [5, 5.41) is 3.18. The van der Waals surface area contributed by atoms with Crippen molar-refractivity contribution in [3.8, 4) is 0 Å². The maximum Gasteiger partial charge on any atom is 0.240 e. The SMILES string of the molecule is CCNS(=O)(=O)c1ccc2c(c1)CNC2. The van der Waals surface area contributed by atoms with Crippen molar-refractivity contribution in [3.63, 3.8) is 0 Å². The second kappa shape index (κ2) is 3.92. The lowest BCUT2D eigenvalue weighted by atomic mass is 10.1. The molecule has 0 saturated heterocycles. The van der Waals surface area contributed by atoms with Gasteiger partial charge >= 0.3 is 0 Å². The van der Waals surface area contributed by atoms with E-state index in [-0.39, 0.29) is 0 Å². The average Bonchev–Trinajstić information content (AvgIpc) is 2.63. The number of fused-ring (bicyclic) bond motifs is 1. The highest BCUT2D eigenvalue weighted by Gasteiger charge is 2.16. The zero-order valence-corrected chi connectivity index (χ0v) is 9.39. The summed E-state index contributed by atoms with van der Waals surface area (Å²) in [4.78, 5) is 0.354. The first-order valence-corrected chi connectivity index (χ1v) is 6.44. The van der Waals surface area contributed by atoms with Crippen molar-refractivity contribution in [2.45, 2.75) is 24.9 Å². The maximum atomic E-state index is 11.7. The fourth-order valence-corrected chi connectivity index (χ4v) is 2.80. The molecule has 1 heterocycles. The summed E-state index contributed by atoms with van der Waals surface area (Å²) >= 11 is 0. The van der Waals surface area contributed by atoms with Gasteiger partial charge in [0.2, 0.25) is 10.0 Å². The fraction of sp³-hybridized carbons (Fsp3) is 0.400. The van der Waals surface area contributed by atoms with E-state index in [1.165, 1.54) is 5.56 Å². The van der Waals surface area contributed by atoms with Crippen molar-refractivity contribution >= 4 is 10.0 Å². The third-order valence-electron chi connectivity index (χ3n) is 2.45. The molecular formula is C10H14N2O2S. The van der Waals surface area contributed by atoms with Crippen LogP contribution in [0.15, 0.2) is 23.1 Å². The zero-order chi connectivity index (χ0) is 10.9. The molecule has 82 valence electrons. The number of hydrogen-bond acceptors (Lipinski definition) is 3. The number of nitrogens with one attached hydrogen (secondary N) is 2. The first-order valence-electron chi connectivity index (χ1n) is 4.95. The van der Waals surface area contributed by atoms with Gasteiger partial charge in [-0.15, -0.1) is 0 Å². The summed E-state index contributed by atoms with van der Waals surface area (Å²) in [5.41, 5.74) is 2.26. The first kappa shape index (κ1) is 10.6. The minimum Gasteiger partial charge on any atom is -0.309 e. The van der Waals surface area contributed by atoms with Gasteiger partial charge in [-0.2, -0.15) is 0 Å². The van der Waals surface area contributed by atoms with E-state index < -0.39 is 10.0 Å². The van der Waals surface area contributed by atoms with Crippen LogP contribution in [0.4, 0.5) is 0 Å². The van der Waals surface area contributed by atoms with Crippen LogP contribution in [0.2, 0.25) is 0 Å². The van der Waals surface area contributed by atoms with Gasteiger partial charge in [0, 0.05) is 19.6 Å². The molecule has 1 aliphatic rings. The Morgan fingerprint density at radius 3 is 2.80 bits per heavy atom. The summed E-state index contributed by atoms with van der Waals surface area (Å²) in [6.45, 7) is 3.77. The van der Waals surface area contributed by atoms with Gasteiger partial charge in [-0.25, -0.2) is 13.1 Å². The molecule has 15 heavy (non-hydrogen) atoms. The Labute approximate surface area is 89.7 Å². The third-order valence-corrected chi connectivity index (χ3v) is 4.00. The predicted octanol–water partition coefficient (Wildman–Crippen LogP) is 0.588. The van der Waals surface area contributed by atoms with Crippen molar-refractivity contribution in [2.24, 2.45) is 0 Å². The van der Waals surface area contributed by atoms with Crippen LogP contribution < -0.4 is 10.0 Å². The molecule has 0 bridgehead atoms. The van der Waals surface area contributed by atoms with E-state index >= 15 is 0 Å². The quantitative estimate of drug-likeness (QED) is 0.793. The van der Waals surface area contributed by atoms with Crippen LogP contribution in [0.25, 0.3) is 0 Å². The third kappa shape index (κ3) is 2.04. The first-order chi connectivity index (χ1) is 7.13. The molecule has 0 aromatic heterocycles. The summed E-state index contributed by atoms with van der Waals surface area (Å²) < 4.78 is 25.9. The van der Waals surface area contributed by atoms with Gasteiger partial charge in [0.25, 0.3) is 0 Å². The average molecular weight is 226 g/mol. The largest absolute Gasteiger partial charge is 0.309 e. The molecule has 0 atom stereocenters. The summed E-state index contributed by atoms with van der Waals surface area (Å²) in [7, 11) is -3.31. The second-order valence-electron chi connectivity index (χ2n) is 3.54. The van der Waals surface area contributed by atoms with E-state index in [2.05, 4.69) is 10.0 Å². The van der Waals surface area contributed by atoms with Crippen molar-refractivity contribution < 1.29 is 8.42 Å². The molecule has 2 N–H and O–H groups in total. The Bertz CT molecular complexity index is 468. The Balaban J connectivity index is 2.38. The fourth-order valence-electron chi connectivity index (χ4n) is 1.71. The van der Waals surface area contributed by atoms with Crippen molar-refractivity contribution in [1.82, 2.24) is 10.0 Å². The van der Waals surface area contributed by atoms with Crippen LogP contribution in [0.1, 0.15) is 18.1 Å². The molecule has 0 saturated carbocycles. The summed E-state index contributed by atoms with van der Waals surface area (Å²) in [5.74, 6) is 0. The molecule has 0 spiro atoms. The van der Waals surface area contributed by atoms with E-state index in [4.69, 9.17) is 0 Å². The van der Waals surface area contributed by atoms with Crippen LogP contribution in [0, 0.1) is 0 Å². The lowest BCUT2D eigenvalue weighted by Crippen LogP contribution is -2.23. The zero-order valence-electron chi connectivity index (χ0n) is 8.58. The topological polar surface area (TPSA) is 58.2 Å². The van der Waals surface area contributed by atoms with Gasteiger partial charge in [0.1, 0.15) is 0 Å². The molecule has 5 heteroatoms. The van der Waals surface area contributed by atoms with Crippen LogP contribution in [0.3, 0.4) is 0 Å². The lowest BCUT2D eigenvalue weighted by molar-refractivity contribution is 0.584. The Hall–Kier alpha value is -0.910. The Kier molecular flexibility index (Phi) is 2.77. The summed E-state index contributed by atoms with van der Waals surface area (Å²) in [6, 6.07) is 5.27. The van der Waals surface area contributed by atoms with Crippen molar-refractivity contribution in [2.75, 3.05) is 6.54 Å². The Morgan fingerprint density at radius 2 is 2.07 bits per heavy atom. The molecule has 4 nitrogen and oxygen atoms in total. The van der Waals surface area contributed by atoms with Crippen molar-refractivity contribution in [3.05, 3.63) is 29.3 Å². The Morgan fingerprint density at radius 1 is 1.33 bits per heavy atom. The molecule has 0 unspecified atom stereocenters. The maximum absolute atomic E-state index is 11.7. The molecule has 0 radical (unpaired) electrons. The van der Waals surface area contributed by atoms with Crippen LogP contribution in [0.5, 0.6) is 0 Å². The van der Waals surface area contributed by atoms with Crippen LogP contribution in [-0.4, -0.2) is 15.0 Å². The lowest BCUT2D eigenvalue weighted by Gasteiger charge is -2.06. The van der Waals surface area contributed by atoms with E-state index in [9.17, 15) is 8.42 Å². The highest BCUT2D eigenvalue weighted by molar-refractivity contribution is 7.89. The van der Waals surface area contributed by atoms with Gasteiger partial charge in [0.15, 0.2) is 0 Å². The number of benzene rings is 1. The minimum absolute atomic E-state index is 0.354. The van der Waals surface area contributed by atoms with Crippen LogP contribution >= 0.6 is 0 Å². The van der Waals surface area contributed by atoms with E-state index in [1.807, 2.05) is 6.07 Å². The number of rotatable bonds is 3. The molecular weight excluding hydrogens is 212 g/mol. The summed E-state index contributed by atoms with van der Waals surface area (Å²) in [6.07, 6.45) is 0. The smallest absolute Gasteiger partial charge is 0.240 e. The van der Waals surface area contributed by atoms with Crippen LogP contribution in [-0.2, 0) is 23.1 Å². The van der Waals surface area contributed by atoms with Gasteiger partial charge in [-0.3, -0.25) is 0 Å². The minimum atomic E-state index is -3.31. The van der Waals surface area contributed by atoms with E-state index in [0.29, 0.717) is 11.4 Å². The molecule has 1 aromatic rings. The predicted molar refractivity (Wildman–Crippen MR) is 57.8 cm³/mol. The van der Waals surface area contributed by atoms with Gasteiger partial charge in [-0.05, 0) is 23.3 Å². The van der Waals surface area contributed by atoms with E-state index in [1.54, 1.807) is 19.1 Å². The molecule has 1 aliphatic heterocycles. The number of sulfonamides is 1. The molecule has 2 rings (SSSR count). The van der Waals surface area contributed by atoms with Crippen molar-refractivity contribution in [1.29, 1.82) is 0 Å². The molecule has 0 aliphatic carbocycles.